The molecule has 1 saturated heterocycles. The van der Waals surface area contributed by atoms with Crippen molar-refractivity contribution in [2.75, 3.05) is 48.4 Å². The van der Waals surface area contributed by atoms with Crippen molar-refractivity contribution in [3.8, 4) is 5.75 Å². The zero-order valence-corrected chi connectivity index (χ0v) is 17.1. The minimum atomic E-state index is -0.379. The number of nitrogens with one attached hydrogen (secondary N) is 2. The molecule has 1 fully saturated rings. The lowest BCUT2D eigenvalue weighted by Gasteiger charge is -2.36. The summed E-state index contributed by atoms with van der Waals surface area (Å²) < 4.78 is 11.7. The quantitative estimate of drug-likeness (QED) is 0.654. The minimum absolute atomic E-state index is 0.201. The summed E-state index contributed by atoms with van der Waals surface area (Å²) in [7, 11) is 0. The van der Waals surface area contributed by atoms with Crippen molar-refractivity contribution < 1.29 is 14.3 Å². The zero-order valence-electron chi connectivity index (χ0n) is 17.1. The molecular formula is C21H26N6O3. The molecule has 0 unspecified atom stereocenters. The topological polar surface area (TPSA) is 115 Å². The monoisotopic (exact) mass is 410 g/mol. The molecule has 3 heterocycles. The van der Waals surface area contributed by atoms with E-state index < -0.39 is 0 Å². The van der Waals surface area contributed by atoms with Crippen LogP contribution in [0.4, 0.5) is 17.1 Å². The molecular weight excluding hydrogens is 384 g/mol. The molecule has 9 nitrogen and oxygen atoms in total. The standard InChI is InChI=1S/C21H26N6O3/c1-21(2)13-25-16-10-15(17(11-18(16)30-21)27-6-8-29-9-7-27)26-20(28)14(12-22)19-23-4-3-5-24-19/h3-5,10-12,25H,6-9,13,22H2,1-2H3,(H,26,28)/b14-12+. The number of hydrogen-bond acceptors (Lipinski definition) is 8. The van der Waals surface area contributed by atoms with E-state index in [1.165, 1.54) is 6.20 Å². The van der Waals surface area contributed by atoms with Gasteiger partial charge in [-0.1, -0.05) is 0 Å². The average Bonchev–Trinajstić information content (AvgIpc) is 2.75. The first-order chi connectivity index (χ1) is 14.5. The smallest absolute Gasteiger partial charge is 0.261 e. The van der Waals surface area contributed by atoms with Gasteiger partial charge in [-0.25, -0.2) is 9.97 Å². The summed E-state index contributed by atoms with van der Waals surface area (Å²) in [5, 5.41) is 6.37. The number of nitrogens with zero attached hydrogens (tertiary/aromatic N) is 3. The Hall–Kier alpha value is -3.33. The Morgan fingerprint density at radius 1 is 1.27 bits per heavy atom. The lowest BCUT2D eigenvalue weighted by molar-refractivity contribution is -0.111. The number of hydrogen-bond donors (Lipinski definition) is 3. The van der Waals surface area contributed by atoms with E-state index in [1.807, 2.05) is 26.0 Å². The van der Waals surface area contributed by atoms with Crippen LogP contribution in [0, 0.1) is 0 Å². The van der Waals surface area contributed by atoms with Gasteiger partial charge in [-0.15, -0.1) is 0 Å². The Bertz CT molecular complexity index is 955. The molecule has 0 saturated carbocycles. The van der Waals surface area contributed by atoms with Crippen molar-refractivity contribution >= 4 is 28.5 Å². The molecule has 30 heavy (non-hydrogen) atoms. The van der Waals surface area contributed by atoms with E-state index in [0.717, 1.165) is 30.2 Å². The maximum Gasteiger partial charge on any atom is 0.261 e. The normalized spacial score (nSPS) is 18.1. The Balaban J connectivity index is 1.68. The molecule has 0 aliphatic carbocycles. The highest BCUT2D eigenvalue weighted by molar-refractivity contribution is 6.25. The van der Waals surface area contributed by atoms with Crippen molar-refractivity contribution in [2.24, 2.45) is 5.73 Å². The summed E-state index contributed by atoms with van der Waals surface area (Å²) >= 11 is 0. The Morgan fingerprint density at radius 3 is 2.70 bits per heavy atom. The van der Waals surface area contributed by atoms with Crippen LogP contribution in [0.2, 0.25) is 0 Å². The van der Waals surface area contributed by atoms with E-state index in [4.69, 9.17) is 15.2 Å². The van der Waals surface area contributed by atoms with Gasteiger partial charge in [0.25, 0.3) is 5.91 Å². The number of morpholine rings is 1. The van der Waals surface area contributed by atoms with Gasteiger partial charge < -0.3 is 30.7 Å². The van der Waals surface area contributed by atoms with Gasteiger partial charge >= 0.3 is 0 Å². The lowest BCUT2D eigenvalue weighted by atomic mass is 10.1. The van der Waals surface area contributed by atoms with Crippen LogP contribution in [-0.2, 0) is 9.53 Å². The molecule has 0 spiro atoms. The van der Waals surface area contributed by atoms with Crippen LogP contribution in [0.3, 0.4) is 0 Å². The predicted molar refractivity (Wildman–Crippen MR) is 115 cm³/mol. The predicted octanol–water partition coefficient (Wildman–Crippen LogP) is 1.83. The van der Waals surface area contributed by atoms with Crippen molar-refractivity contribution in [3.63, 3.8) is 0 Å². The van der Waals surface area contributed by atoms with E-state index in [9.17, 15) is 4.79 Å². The number of fused-ring (bicyclic) bond motifs is 1. The first-order valence-electron chi connectivity index (χ1n) is 9.91. The van der Waals surface area contributed by atoms with Gasteiger partial charge in [0.1, 0.15) is 11.4 Å². The van der Waals surface area contributed by atoms with Crippen molar-refractivity contribution in [1.29, 1.82) is 0 Å². The van der Waals surface area contributed by atoms with Gasteiger partial charge in [-0.2, -0.15) is 0 Å². The van der Waals surface area contributed by atoms with Crippen LogP contribution >= 0.6 is 0 Å². The molecule has 1 amide bonds. The third kappa shape index (κ3) is 4.16. The highest BCUT2D eigenvalue weighted by Crippen LogP contribution is 2.41. The summed E-state index contributed by atoms with van der Waals surface area (Å²) in [6.45, 7) is 7.42. The molecule has 0 radical (unpaired) electrons. The largest absolute Gasteiger partial charge is 0.484 e. The Kier molecular flexibility index (Phi) is 5.45. The van der Waals surface area contributed by atoms with Gasteiger partial charge in [0.05, 0.1) is 42.4 Å². The summed E-state index contributed by atoms with van der Waals surface area (Å²) in [6, 6.07) is 5.55. The fourth-order valence-corrected chi connectivity index (χ4v) is 3.48. The molecule has 2 aliphatic heterocycles. The summed E-state index contributed by atoms with van der Waals surface area (Å²) in [5.41, 5.74) is 7.96. The molecule has 4 rings (SSSR count). The second kappa shape index (κ2) is 8.19. The van der Waals surface area contributed by atoms with Crippen LogP contribution in [0.5, 0.6) is 5.75 Å². The van der Waals surface area contributed by atoms with Crippen LogP contribution < -0.4 is 26.0 Å². The third-order valence-corrected chi connectivity index (χ3v) is 5.01. The first-order valence-corrected chi connectivity index (χ1v) is 9.91. The average molecular weight is 410 g/mol. The SMILES string of the molecule is CC1(C)CNc2cc(NC(=O)/C(=C/N)c3ncccn3)c(N3CCOCC3)cc2O1. The van der Waals surface area contributed by atoms with Crippen molar-refractivity contribution in [2.45, 2.75) is 19.4 Å². The van der Waals surface area contributed by atoms with E-state index in [2.05, 4.69) is 25.5 Å². The number of benzene rings is 1. The Morgan fingerprint density at radius 2 is 2.00 bits per heavy atom. The van der Waals surface area contributed by atoms with Gasteiger partial charge in [0, 0.05) is 37.7 Å². The van der Waals surface area contributed by atoms with E-state index in [0.29, 0.717) is 25.4 Å². The zero-order chi connectivity index (χ0) is 21.1. The molecule has 2 aliphatic rings. The first kappa shape index (κ1) is 20.0. The van der Waals surface area contributed by atoms with E-state index in [-0.39, 0.29) is 22.9 Å². The van der Waals surface area contributed by atoms with Crippen LogP contribution in [0.25, 0.3) is 5.57 Å². The second-order valence-corrected chi connectivity index (χ2v) is 7.79. The number of carbonyl (C=O) groups is 1. The van der Waals surface area contributed by atoms with Crippen LogP contribution in [0.15, 0.2) is 36.8 Å². The van der Waals surface area contributed by atoms with Crippen molar-refractivity contribution in [3.05, 3.63) is 42.6 Å². The number of rotatable bonds is 4. The van der Waals surface area contributed by atoms with Gasteiger partial charge in [-0.3, -0.25) is 4.79 Å². The highest BCUT2D eigenvalue weighted by atomic mass is 16.5. The summed E-state index contributed by atoms with van der Waals surface area (Å²) in [4.78, 5) is 23.5. The molecule has 158 valence electrons. The highest BCUT2D eigenvalue weighted by Gasteiger charge is 2.29. The molecule has 2 aromatic rings. The van der Waals surface area contributed by atoms with E-state index in [1.54, 1.807) is 18.5 Å². The lowest BCUT2D eigenvalue weighted by Crippen LogP contribution is -2.40. The molecule has 0 bridgehead atoms. The van der Waals surface area contributed by atoms with Crippen LogP contribution in [-0.4, -0.2) is 54.3 Å². The number of amides is 1. The number of ether oxygens (including phenoxy) is 2. The molecule has 0 atom stereocenters. The van der Waals surface area contributed by atoms with Gasteiger partial charge in [-0.05, 0) is 26.0 Å². The fourth-order valence-electron chi connectivity index (χ4n) is 3.48. The summed E-state index contributed by atoms with van der Waals surface area (Å²) in [5.74, 6) is 0.647. The molecule has 4 N–H and O–H groups in total. The molecule has 9 heteroatoms. The molecule has 1 aromatic heterocycles. The van der Waals surface area contributed by atoms with Gasteiger partial charge in [0.15, 0.2) is 5.82 Å². The van der Waals surface area contributed by atoms with Crippen LogP contribution in [0.1, 0.15) is 19.7 Å². The van der Waals surface area contributed by atoms with Gasteiger partial charge in [0.2, 0.25) is 0 Å². The maximum atomic E-state index is 13.0. The minimum Gasteiger partial charge on any atom is -0.484 e. The summed E-state index contributed by atoms with van der Waals surface area (Å²) in [6.07, 6.45) is 4.36. The van der Waals surface area contributed by atoms with Crippen molar-refractivity contribution in [1.82, 2.24) is 9.97 Å². The maximum absolute atomic E-state index is 13.0. The van der Waals surface area contributed by atoms with E-state index >= 15 is 0 Å². The number of nitrogens with two attached hydrogens (primary N) is 1. The second-order valence-electron chi connectivity index (χ2n) is 7.79. The number of anilines is 3. The number of aromatic nitrogens is 2. The molecule has 1 aromatic carbocycles. The Labute approximate surface area is 175 Å². The number of carbonyl (C=O) groups excluding carboxylic acids is 1. The third-order valence-electron chi connectivity index (χ3n) is 5.01. The fraction of sp³-hybridized carbons (Fsp3) is 0.381.